The largest absolute Gasteiger partial charge is 0.461 e. The average Bonchev–Trinajstić information content (AvgIpc) is 2.82. The van der Waals surface area contributed by atoms with Gasteiger partial charge >= 0.3 is 11.9 Å². The van der Waals surface area contributed by atoms with E-state index in [1.165, 1.54) is 0 Å². The van der Waals surface area contributed by atoms with Crippen molar-refractivity contribution in [1.29, 1.82) is 0 Å². The van der Waals surface area contributed by atoms with E-state index in [9.17, 15) is 14.4 Å². The Morgan fingerprint density at radius 3 is 1.97 bits per heavy atom. The lowest BCUT2D eigenvalue weighted by atomic mass is 10.0. The van der Waals surface area contributed by atoms with Crippen LogP contribution in [0.1, 0.15) is 32.8 Å². The van der Waals surface area contributed by atoms with Crippen LogP contribution >= 0.6 is 0 Å². The predicted octanol–water partition coefficient (Wildman–Crippen LogP) is 0.752. The van der Waals surface area contributed by atoms with E-state index in [2.05, 4.69) is 0 Å². The maximum Gasteiger partial charge on any atom is 0.343 e. The summed E-state index contributed by atoms with van der Waals surface area (Å²) < 4.78 is 31.8. The highest BCUT2D eigenvalue weighted by Gasteiger charge is 2.36. The molecule has 1 aromatic rings. The van der Waals surface area contributed by atoms with E-state index >= 15 is 0 Å². The quantitative estimate of drug-likeness (QED) is 0.153. The van der Waals surface area contributed by atoms with Crippen molar-refractivity contribution in [2.75, 3.05) is 52.8 Å². The first-order chi connectivity index (χ1) is 17.1. The first-order valence-corrected chi connectivity index (χ1v) is 11.9. The zero-order valence-corrected chi connectivity index (χ0v) is 21.4. The Balaban J connectivity index is 2.47. The van der Waals surface area contributed by atoms with Gasteiger partial charge in [-0.25, -0.2) is 4.79 Å². The van der Waals surface area contributed by atoms with Crippen LogP contribution in [-0.2, 0) is 49.4 Å². The standard InChI is InChI=1S/C25H40N2O9/c1-25(2,3)36-24(30)23(34-16-15-33-14-13-32-12-11-31-10-9-26)22(29)20(27)17-21(28)35-18-19-7-5-4-6-8-19/h4-8,20,23H,9-18,26-27H2,1-3H3/t20-,23?/m0/s1. The van der Waals surface area contributed by atoms with Gasteiger partial charge in [-0.15, -0.1) is 0 Å². The van der Waals surface area contributed by atoms with E-state index in [1.807, 2.05) is 18.2 Å². The number of hydrogen-bond acceptors (Lipinski definition) is 11. The molecule has 0 saturated heterocycles. The minimum absolute atomic E-state index is 0.0500. The second-order valence-corrected chi connectivity index (χ2v) is 8.77. The molecule has 0 amide bonds. The number of carbonyl (C=O) groups excluding carboxylic acids is 3. The van der Waals surface area contributed by atoms with Crippen LogP contribution in [0, 0.1) is 0 Å². The summed E-state index contributed by atoms with van der Waals surface area (Å²) in [4.78, 5) is 37.6. The van der Waals surface area contributed by atoms with Gasteiger partial charge in [0.05, 0.1) is 58.7 Å². The summed E-state index contributed by atoms with van der Waals surface area (Å²) in [5.74, 6) is -2.33. The van der Waals surface area contributed by atoms with Crippen molar-refractivity contribution in [3.63, 3.8) is 0 Å². The molecule has 0 aliphatic carbocycles. The molecule has 1 rings (SSSR count). The van der Waals surface area contributed by atoms with E-state index in [-0.39, 0.29) is 26.4 Å². The molecule has 11 heteroatoms. The van der Waals surface area contributed by atoms with Crippen LogP contribution in [0.3, 0.4) is 0 Å². The second-order valence-electron chi connectivity index (χ2n) is 8.77. The van der Waals surface area contributed by atoms with Gasteiger partial charge in [-0.2, -0.15) is 0 Å². The number of ether oxygens (including phenoxy) is 6. The van der Waals surface area contributed by atoms with Crippen LogP contribution in [0.15, 0.2) is 30.3 Å². The number of esters is 2. The van der Waals surface area contributed by atoms with Gasteiger partial charge in [-0.3, -0.25) is 9.59 Å². The zero-order chi connectivity index (χ0) is 26.8. The molecule has 0 saturated carbocycles. The first kappa shape index (κ1) is 31.6. The molecule has 1 unspecified atom stereocenters. The molecule has 36 heavy (non-hydrogen) atoms. The van der Waals surface area contributed by atoms with Gasteiger partial charge < -0.3 is 39.9 Å². The molecule has 0 aliphatic rings. The number of nitrogens with two attached hydrogens (primary N) is 2. The maximum atomic E-state index is 12.9. The Morgan fingerprint density at radius 1 is 0.861 bits per heavy atom. The van der Waals surface area contributed by atoms with Crippen LogP contribution in [0.2, 0.25) is 0 Å². The third-order valence-electron chi connectivity index (χ3n) is 4.39. The van der Waals surface area contributed by atoms with Crippen molar-refractivity contribution in [3.8, 4) is 0 Å². The normalized spacial score (nSPS) is 13.1. The van der Waals surface area contributed by atoms with Crippen molar-refractivity contribution in [2.45, 2.75) is 51.5 Å². The Labute approximate surface area is 212 Å². The first-order valence-electron chi connectivity index (χ1n) is 11.9. The van der Waals surface area contributed by atoms with E-state index in [4.69, 9.17) is 39.9 Å². The number of benzene rings is 1. The van der Waals surface area contributed by atoms with Crippen molar-refractivity contribution < 1.29 is 42.8 Å². The summed E-state index contributed by atoms with van der Waals surface area (Å²) in [5.41, 5.74) is 11.2. The van der Waals surface area contributed by atoms with Crippen molar-refractivity contribution >= 4 is 17.7 Å². The smallest absolute Gasteiger partial charge is 0.343 e. The summed E-state index contributed by atoms with van der Waals surface area (Å²) >= 11 is 0. The van der Waals surface area contributed by atoms with Gasteiger partial charge in [-0.05, 0) is 26.3 Å². The molecule has 0 spiro atoms. The molecule has 11 nitrogen and oxygen atoms in total. The third kappa shape index (κ3) is 14.9. The lowest BCUT2D eigenvalue weighted by Gasteiger charge is -2.24. The minimum atomic E-state index is -1.60. The van der Waals surface area contributed by atoms with E-state index in [0.717, 1.165) is 5.56 Å². The highest BCUT2D eigenvalue weighted by atomic mass is 16.6. The van der Waals surface area contributed by atoms with E-state index < -0.39 is 41.9 Å². The summed E-state index contributed by atoms with van der Waals surface area (Å²) in [7, 11) is 0. The highest BCUT2D eigenvalue weighted by Crippen LogP contribution is 2.12. The van der Waals surface area contributed by atoms with Crippen LogP contribution in [-0.4, -0.2) is 88.3 Å². The lowest BCUT2D eigenvalue weighted by Crippen LogP contribution is -2.47. The van der Waals surface area contributed by atoms with Gasteiger partial charge in [0.2, 0.25) is 6.10 Å². The second kappa shape index (κ2) is 17.9. The number of ketones is 1. The van der Waals surface area contributed by atoms with Crippen LogP contribution < -0.4 is 11.5 Å². The Bertz CT molecular complexity index is 769. The number of carbonyl (C=O) groups is 3. The summed E-state index contributed by atoms with van der Waals surface area (Å²) in [6.07, 6.45) is -2.00. The fourth-order valence-electron chi connectivity index (χ4n) is 2.74. The fraction of sp³-hybridized carbons (Fsp3) is 0.640. The molecule has 4 N–H and O–H groups in total. The molecule has 0 aliphatic heterocycles. The summed E-state index contributed by atoms with van der Waals surface area (Å²) in [5, 5.41) is 0. The predicted molar refractivity (Wildman–Crippen MR) is 131 cm³/mol. The number of rotatable bonds is 19. The zero-order valence-electron chi connectivity index (χ0n) is 21.4. The van der Waals surface area contributed by atoms with Gasteiger partial charge in [0.25, 0.3) is 0 Å². The molecule has 0 fully saturated rings. The molecule has 1 aromatic carbocycles. The Kier molecular flexibility index (Phi) is 15.7. The molecule has 204 valence electrons. The Morgan fingerprint density at radius 2 is 1.42 bits per heavy atom. The summed E-state index contributed by atoms with van der Waals surface area (Å²) in [6, 6.07) is 7.78. The monoisotopic (exact) mass is 512 g/mol. The fourth-order valence-corrected chi connectivity index (χ4v) is 2.74. The van der Waals surface area contributed by atoms with Crippen LogP contribution in [0.5, 0.6) is 0 Å². The van der Waals surface area contributed by atoms with Crippen molar-refractivity contribution in [2.24, 2.45) is 11.5 Å². The molecule has 0 bridgehead atoms. The molecule has 2 atom stereocenters. The van der Waals surface area contributed by atoms with E-state index in [1.54, 1.807) is 32.9 Å². The number of hydrogen-bond donors (Lipinski definition) is 2. The highest BCUT2D eigenvalue weighted by molar-refractivity contribution is 6.05. The average molecular weight is 513 g/mol. The van der Waals surface area contributed by atoms with Crippen molar-refractivity contribution in [3.05, 3.63) is 35.9 Å². The summed E-state index contributed by atoms with van der Waals surface area (Å²) in [6.45, 7) is 7.51. The Hall–Kier alpha value is -2.41. The SMILES string of the molecule is CC(C)(C)OC(=O)C(OCCOCCOCCOCCN)C(=O)[C@@H](N)CC(=O)OCc1ccccc1. The molecule has 0 radical (unpaired) electrons. The maximum absolute atomic E-state index is 12.9. The molecule has 0 heterocycles. The van der Waals surface area contributed by atoms with Gasteiger partial charge in [0.15, 0.2) is 5.78 Å². The van der Waals surface area contributed by atoms with Crippen molar-refractivity contribution in [1.82, 2.24) is 0 Å². The minimum Gasteiger partial charge on any atom is -0.461 e. The van der Waals surface area contributed by atoms with Crippen LogP contribution in [0.4, 0.5) is 0 Å². The molecular weight excluding hydrogens is 472 g/mol. The van der Waals surface area contributed by atoms with Gasteiger partial charge in [0.1, 0.15) is 12.2 Å². The van der Waals surface area contributed by atoms with E-state index in [0.29, 0.717) is 33.0 Å². The molecule has 0 aromatic heterocycles. The number of Topliss-reactive ketones (excluding diaryl/α,β-unsaturated/α-hetero) is 1. The third-order valence-corrected chi connectivity index (χ3v) is 4.39. The molecular formula is C25H40N2O9. The van der Waals surface area contributed by atoms with Gasteiger partial charge in [0, 0.05) is 6.54 Å². The topological polar surface area (TPSA) is 159 Å². The lowest BCUT2D eigenvalue weighted by molar-refractivity contribution is -0.173. The van der Waals surface area contributed by atoms with Gasteiger partial charge in [-0.1, -0.05) is 30.3 Å². The van der Waals surface area contributed by atoms with Crippen LogP contribution in [0.25, 0.3) is 0 Å².